The van der Waals surface area contributed by atoms with Crippen molar-refractivity contribution in [2.45, 2.75) is 18.9 Å². The third-order valence-electron chi connectivity index (χ3n) is 2.86. The summed E-state index contributed by atoms with van der Waals surface area (Å²) in [4.78, 5) is 22.0. The molecule has 1 unspecified atom stereocenters. The van der Waals surface area contributed by atoms with E-state index in [1.807, 2.05) is 11.9 Å². The van der Waals surface area contributed by atoms with E-state index in [0.717, 1.165) is 25.9 Å². The van der Waals surface area contributed by atoms with Gasteiger partial charge in [0.25, 0.3) is 5.91 Å². The summed E-state index contributed by atoms with van der Waals surface area (Å²) in [5, 5.41) is 3.12. The summed E-state index contributed by atoms with van der Waals surface area (Å²) in [5.41, 5.74) is 0.436. The highest BCUT2D eigenvalue weighted by Crippen LogP contribution is 2.18. The van der Waals surface area contributed by atoms with Crippen LogP contribution >= 0.6 is 24.8 Å². The van der Waals surface area contributed by atoms with E-state index in [1.165, 1.54) is 6.20 Å². The molecule has 0 aromatic carbocycles. The maximum Gasteiger partial charge on any atom is 0.274 e. The van der Waals surface area contributed by atoms with Gasteiger partial charge in [0.15, 0.2) is 0 Å². The lowest BCUT2D eigenvalue weighted by atomic mass is 10.2. The average Bonchev–Trinajstić information content (AvgIpc) is 2.78. The highest BCUT2D eigenvalue weighted by molar-refractivity contribution is 5.92. The monoisotopic (exact) mass is 292 g/mol. The minimum absolute atomic E-state index is 0. The average molecular weight is 293 g/mol. The minimum atomic E-state index is -0.00847. The molecule has 0 saturated carbocycles. The maximum atomic E-state index is 12.1. The van der Waals surface area contributed by atoms with Gasteiger partial charge < -0.3 is 10.2 Å². The topological polar surface area (TPSA) is 58.1 Å². The SMILES string of the molecule is CNCC1CCCN1C(=O)c1cnccn1.Cl.Cl. The zero-order valence-electron chi connectivity index (χ0n) is 10.2. The quantitative estimate of drug-likeness (QED) is 0.908. The van der Waals surface area contributed by atoms with E-state index in [0.29, 0.717) is 11.7 Å². The number of hydrogen-bond donors (Lipinski definition) is 1. The van der Waals surface area contributed by atoms with Gasteiger partial charge in [0.1, 0.15) is 5.69 Å². The Morgan fingerprint density at radius 2 is 2.28 bits per heavy atom. The predicted octanol–water partition coefficient (Wildman–Crippen LogP) is 1.14. The Labute approximate surface area is 119 Å². The number of nitrogens with zero attached hydrogens (tertiary/aromatic N) is 3. The molecule has 1 aliphatic rings. The third-order valence-corrected chi connectivity index (χ3v) is 2.86. The lowest BCUT2D eigenvalue weighted by Gasteiger charge is -2.23. The van der Waals surface area contributed by atoms with Crippen LogP contribution in [0.4, 0.5) is 0 Å². The number of hydrogen-bond acceptors (Lipinski definition) is 4. The largest absolute Gasteiger partial charge is 0.333 e. The number of halogens is 2. The van der Waals surface area contributed by atoms with E-state index in [9.17, 15) is 4.79 Å². The van der Waals surface area contributed by atoms with Gasteiger partial charge in [0.2, 0.25) is 0 Å². The molecule has 5 nitrogen and oxygen atoms in total. The Balaban J connectivity index is 0.00000144. The lowest BCUT2D eigenvalue weighted by Crippen LogP contribution is -2.41. The molecule has 1 N–H and O–H groups in total. The molecule has 7 heteroatoms. The van der Waals surface area contributed by atoms with E-state index in [1.54, 1.807) is 12.4 Å². The molecule has 2 rings (SSSR count). The van der Waals surface area contributed by atoms with Crippen molar-refractivity contribution in [2.24, 2.45) is 0 Å². The predicted molar refractivity (Wildman–Crippen MR) is 74.5 cm³/mol. The van der Waals surface area contributed by atoms with Crippen molar-refractivity contribution in [2.75, 3.05) is 20.1 Å². The van der Waals surface area contributed by atoms with Gasteiger partial charge in [-0.1, -0.05) is 0 Å². The van der Waals surface area contributed by atoms with Crippen molar-refractivity contribution >= 4 is 30.7 Å². The molecule has 0 spiro atoms. The van der Waals surface area contributed by atoms with Gasteiger partial charge in [0, 0.05) is 31.5 Å². The molecule has 0 bridgehead atoms. The number of aromatic nitrogens is 2. The Bertz CT molecular complexity index is 363. The highest BCUT2D eigenvalue weighted by atomic mass is 35.5. The van der Waals surface area contributed by atoms with E-state index < -0.39 is 0 Å². The van der Waals surface area contributed by atoms with E-state index in [4.69, 9.17) is 0 Å². The third kappa shape index (κ3) is 3.80. The van der Waals surface area contributed by atoms with Gasteiger partial charge in [-0.2, -0.15) is 0 Å². The van der Waals surface area contributed by atoms with Gasteiger partial charge in [-0.25, -0.2) is 4.98 Å². The van der Waals surface area contributed by atoms with Gasteiger partial charge in [-0.05, 0) is 19.9 Å². The molecular formula is C11H18Cl2N4O. The Kier molecular flexibility index (Phi) is 7.82. The van der Waals surface area contributed by atoms with Crippen LogP contribution in [0.2, 0.25) is 0 Å². The second-order valence-corrected chi connectivity index (χ2v) is 3.94. The first-order valence-corrected chi connectivity index (χ1v) is 5.54. The summed E-state index contributed by atoms with van der Waals surface area (Å²) < 4.78 is 0. The molecule has 0 aliphatic carbocycles. The van der Waals surface area contributed by atoms with E-state index in [2.05, 4.69) is 15.3 Å². The summed E-state index contributed by atoms with van der Waals surface area (Å²) in [6.45, 7) is 1.66. The number of likely N-dealkylation sites (tertiary alicyclic amines) is 1. The van der Waals surface area contributed by atoms with Crippen LogP contribution < -0.4 is 5.32 Å². The van der Waals surface area contributed by atoms with Gasteiger partial charge >= 0.3 is 0 Å². The van der Waals surface area contributed by atoms with Gasteiger partial charge in [0.05, 0.1) is 6.20 Å². The van der Waals surface area contributed by atoms with E-state index >= 15 is 0 Å². The van der Waals surface area contributed by atoms with Crippen LogP contribution in [0.1, 0.15) is 23.3 Å². The van der Waals surface area contributed by atoms with Crippen LogP contribution in [-0.4, -0.2) is 47.0 Å². The smallest absolute Gasteiger partial charge is 0.274 e. The molecule has 1 saturated heterocycles. The van der Waals surface area contributed by atoms with Crippen LogP contribution in [0.15, 0.2) is 18.6 Å². The summed E-state index contributed by atoms with van der Waals surface area (Å²) in [6.07, 6.45) is 6.78. The summed E-state index contributed by atoms with van der Waals surface area (Å²) >= 11 is 0. The zero-order chi connectivity index (χ0) is 11.4. The molecule has 1 aliphatic heterocycles. The Hall–Kier alpha value is -0.910. The van der Waals surface area contributed by atoms with E-state index in [-0.39, 0.29) is 30.7 Å². The highest BCUT2D eigenvalue weighted by Gasteiger charge is 2.29. The van der Waals surface area contributed by atoms with Crippen molar-refractivity contribution < 1.29 is 4.79 Å². The van der Waals surface area contributed by atoms with Crippen LogP contribution in [0.25, 0.3) is 0 Å². The van der Waals surface area contributed by atoms with Crippen molar-refractivity contribution in [3.05, 3.63) is 24.3 Å². The summed E-state index contributed by atoms with van der Waals surface area (Å²) in [7, 11) is 1.91. The van der Waals surface area contributed by atoms with Gasteiger partial charge in [-0.15, -0.1) is 24.8 Å². The molecule has 102 valence electrons. The number of carbonyl (C=O) groups excluding carboxylic acids is 1. The van der Waals surface area contributed by atoms with Gasteiger partial charge in [-0.3, -0.25) is 9.78 Å². The van der Waals surface area contributed by atoms with Crippen molar-refractivity contribution in [1.82, 2.24) is 20.2 Å². The normalized spacial score (nSPS) is 17.8. The second-order valence-electron chi connectivity index (χ2n) is 3.94. The standard InChI is InChI=1S/C11H16N4O.2ClH/c1-12-7-9-3-2-6-15(9)11(16)10-8-13-4-5-14-10;;/h4-5,8-9,12H,2-3,6-7H2,1H3;2*1H. The number of rotatable bonds is 3. The Morgan fingerprint density at radius 1 is 1.50 bits per heavy atom. The summed E-state index contributed by atoms with van der Waals surface area (Å²) in [5.74, 6) is -0.00847. The number of likely N-dealkylation sites (N-methyl/N-ethyl adjacent to an activating group) is 1. The molecule has 1 aromatic heterocycles. The molecule has 2 heterocycles. The number of amides is 1. The molecule has 0 radical (unpaired) electrons. The second kappa shape index (κ2) is 8.24. The molecular weight excluding hydrogens is 275 g/mol. The fraction of sp³-hybridized carbons (Fsp3) is 0.545. The fourth-order valence-corrected chi connectivity index (χ4v) is 2.11. The van der Waals surface area contributed by atoms with Crippen molar-refractivity contribution in [1.29, 1.82) is 0 Å². The number of carbonyl (C=O) groups is 1. The molecule has 1 fully saturated rings. The molecule has 1 aromatic rings. The summed E-state index contributed by atoms with van der Waals surface area (Å²) in [6, 6.07) is 0.291. The molecule has 1 atom stereocenters. The Morgan fingerprint density at radius 3 is 2.89 bits per heavy atom. The number of nitrogens with one attached hydrogen (secondary N) is 1. The minimum Gasteiger partial charge on any atom is -0.333 e. The molecule has 18 heavy (non-hydrogen) atoms. The first-order valence-electron chi connectivity index (χ1n) is 5.54. The van der Waals surface area contributed by atoms with Crippen molar-refractivity contribution in [3.8, 4) is 0 Å². The maximum absolute atomic E-state index is 12.1. The first kappa shape index (κ1) is 17.1. The fourth-order valence-electron chi connectivity index (χ4n) is 2.11. The van der Waals surface area contributed by atoms with Crippen LogP contribution in [0.3, 0.4) is 0 Å². The lowest BCUT2D eigenvalue weighted by molar-refractivity contribution is 0.0730. The zero-order valence-corrected chi connectivity index (χ0v) is 11.8. The first-order chi connectivity index (χ1) is 7.83. The van der Waals surface area contributed by atoms with Crippen LogP contribution in [0, 0.1) is 0 Å². The molecule has 1 amide bonds. The van der Waals surface area contributed by atoms with Crippen LogP contribution in [0.5, 0.6) is 0 Å². The van der Waals surface area contributed by atoms with Crippen molar-refractivity contribution in [3.63, 3.8) is 0 Å². The van der Waals surface area contributed by atoms with Crippen LogP contribution in [-0.2, 0) is 0 Å².